The number of hydrazine groups is 1. The first-order valence-corrected chi connectivity index (χ1v) is 30.9. The number of aromatic amines is 1. The summed E-state index contributed by atoms with van der Waals surface area (Å²) < 4.78 is 68.6. The van der Waals surface area contributed by atoms with E-state index < -0.39 is 63.7 Å². The van der Waals surface area contributed by atoms with Crippen molar-refractivity contribution < 1.29 is 41.4 Å². The molecule has 0 aliphatic carbocycles. The van der Waals surface area contributed by atoms with Gasteiger partial charge in [-0.3, -0.25) is 23.8 Å². The number of ketones is 1. The number of H-pyrrole nitrogens is 1. The van der Waals surface area contributed by atoms with Gasteiger partial charge in [-0.2, -0.15) is 4.41 Å². The van der Waals surface area contributed by atoms with E-state index in [0.29, 0.717) is 39.8 Å². The number of piperidine rings is 1. The molecule has 0 spiro atoms. The minimum atomic E-state index is -2.83. The van der Waals surface area contributed by atoms with E-state index in [-0.39, 0.29) is 56.0 Å². The molecule has 11 rings (SSSR count). The standard InChI is InChI=1S/C60H68F3N11O6S3/c1-36-55(81-35-67-36)40-7-5-37(6-8-40)25-45-29-66-58(82-45)50-27-44(75)33-73(50)59(78)56(60(2,3)4)68-51(76)34-70-23-21-69(22-24-70)31-38-15-18-71(19-16-38)43-11-9-39(10-12-43)41-26-46-47(30-65-57(46)64-28-41)54(77)52-48(62)13-14-49(53(52)63)74(83(79)80)72-20-17-42(61)32-72/h5-14,26,28-30,35,38,42,44,50,56,75H,15-25,27,31-34H2,1-4H3,(H,64,65)(H,68,76)(H,79,80)/t42-,44-,50+,56-/m1/s1. The van der Waals surface area contributed by atoms with Crippen LogP contribution >= 0.6 is 22.7 Å². The second-order valence-corrected chi connectivity index (χ2v) is 26.1. The number of pyridine rings is 1. The van der Waals surface area contributed by atoms with Crippen LogP contribution in [0.15, 0.2) is 90.8 Å². The zero-order valence-electron chi connectivity index (χ0n) is 46.8. The van der Waals surface area contributed by atoms with Gasteiger partial charge in [-0.15, -0.1) is 22.7 Å². The first-order chi connectivity index (χ1) is 39.8. The molecule has 8 heterocycles. The van der Waals surface area contributed by atoms with E-state index in [1.165, 1.54) is 11.2 Å². The van der Waals surface area contributed by atoms with Crippen molar-refractivity contribution in [1.29, 1.82) is 0 Å². The molecular formula is C60H68F3N11O6S3. The zero-order chi connectivity index (χ0) is 58.3. The number of aryl methyl sites for hydroxylation is 1. The van der Waals surface area contributed by atoms with Gasteiger partial charge in [0.05, 0.1) is 46.9 Å². The Bertz CT molecular complexity index is 3500. The minimum absolute atomic E-state index is 0.0306. The molecule has 0 radical (unpaired) electrons. The molecule has 4 aromatic heterocycles. The number of amides is 2. The minimum Gasteiger partial charge on any atom is -0.391 e. The number of nitrogens with one attached hydrogen (secondary N) is 2. The van der Waals surface area contributed by atoms with Crippen molar-refractivity contribution in [2.45, 2.75) is 84.2 Å². The van der Waals surface area contributed by atoms with E-state index in [9.17, 15) is 32.6 Å². The van der Waals surface area contributed by atoms with E-state index in [1.807, 2.05) is 51.5 Å². The second-order valence-electron chi connectivity index (χ2n) is 23.3. The van der Waals surface area contributed by atoms with Gasteiger partial charge in [-0.1, -0.05) is 57.2 Å². The molecule has 23 heteroatoms. The van der Waals surface area contributed by atoms with Gasteiger partial charge < -0.3 is 30.1 Å². The van der Waals surface area contributed by atoms with Gasteiger partial charge in [0.25, 0.3) is 11.3 Å². The number of β-amino-alcohol motifs (C(OH)–C–C–N with tert-alkyl or cyclic N) is 1. The number of nitrogens with zero attached hydrogens (tertiary/aromatic N) is 9. The smallest absolute Gasteiger partial charge is 0.277 e. The average molecular weight is 1190 g/mol. The van der Waals surface area contributed by atoms with Crippen LogP contribution in [0.3, 0.4) is 0 Å². The summed E-state index contributed by atoms with van der Waals surface area (Å²) in [6.07, 6.45) is 6.06. The number of carbonyl (C=O) groups is 3. The highest BCUT2D eigenvalue weighted by Crippen LogP contribution is 2.39. The molecule has 2 amide bonds. The molecule has 1 unspecified atom stereocenters. The monoisotopic (exact) mass is 1190 g/mol. The molecule has 0 saturated carbocycles. The molecule has 0 bridgehead atoms. The Hall–Kier alpha value is -6.44. The van der Waals surface area contributed by atoms with E-state index in [0.717, 1.165) is 114 Å². The van der Waals surface area contributed by atoms with Crippen molar-refractivity contribution in [3.63, 3.8) is 0 Å². The molecule has 5 atom stereocenters. The Labute approximate surface area is 490 Å². The number of rotatable bonds is 17. The summed E-state index contributed by atoms with van der Waals surface area (Å²) in [7, 11) is 0. The van der Waals surface area contributed by atoms with Crippen LogP contribution in [0.5, 0.6) is 0 Å². The lowest BCUT2D eigenvalue weighted by molar-refractivity contribution is -0.141. The van der Waals surface area contributed by atoms with Crippen LogP contribution in [0.2, 0.25) is 0 Å². The van der Waals surface area contributed by atoms with Crippen LogP contribution in [-0.4, -0.2) is 161 Å². The fraction of sp³-hybridized carbons (Fsp3) is 0.433. The molecule has 4 N–H and O–H groups in total. The Morgan fingerprint density at radius 3 is 2.28 bits per heavy atom. The lowest BCUT2D eigenvalue weighted by Crippen LogP contribution is -2.57. The van der Waals surface area contributed by atoms with Crippen LogP contribution in [0.1, 0.15) is 89.6 Å². The number of halogens is 3. The lowest BCUT2D eigenvalue weighted by atomic mass is 9.85. The largest absolute Gasteiger partial charge is 0.391 e. The molecule has 438 valence electrons. The fourth-order valence-corrected chi connectivity index (χ4v) is 14.5. The second kappa shape index (κ2) is 24.6. The number of aromatic nitrogens is 4. The summed E-state index contributed by atoms with van der Waals surface area (Å²) in [6, 6.07) is 18.9. The average Bonchev–Trinajstić information content (AvgIpc) is 4.27. The van der Waals surface area contributed by atoms with Gasteiger partial charge in [0, 0.05) is 117 Å². The number of piperazine rings is 1. The topological polar surface area (TPSA) is 195 Å². The number of anilines is 2. The van der Waals surface area contributed by atoms with Gasteiger partial charge in [-0.25, -0.2) is 37.3 Å². The van der Waals surface area contributed by atoms with Gasteiger partial charge in [-0.05, 0) is 84.5 Å². The quantitative estimate of drug-likeness (QED) is 0.0500. The molecule has 4 fully saturated rings. The number of likely N-dealkylation sites (tertiary alicyclic amines) is 1. The summed E-state index contributed by atoms with van der Waals surface area (Å²) >= 11 is 0.362. The predicted molar refractivity (Wildman–Crippen MR) is 317 cm³/mol. The Morgan fingerprint density at radius 1 is 0.880 bits per heavy atom. The number of hydrogen-bond donors (Lipinski definition) is 4. The number of alkyl halides is 1. The summed E-state index contributed by atoms with van der Waals surface area (Å²) in [5.74, 6) is -3.37. The molecule has 17 nitrogen and oxygen atoms in total. The highest BCUT2D eigenvalue weighted by molar-refractivity contribution is 7.80. The fourth-order valence-electron chi connectivity index (χ4n) is 11.9. The van der Waals surface area contributed by atoms with Crippen LogP contribution in [-0.2, 0) is 27.3 Å². The summed E-state index contributed by atoms with van der Waals surface area (Å²) in [5, 5.41) is 16.3. The Kier molecular flexibility index (Phi) is 17.3. The maximum Gasteiger partial charge on any atom is 0.277 e. The van der Waals surface area contributed by atoms with E-state index >= 15 is 8.78 Å². The van der Waals surface area contributed by atoms with Crippen LogP contribution < -0.4 is 14.6 Å². The Morgan fingerprint density at radius 2 is 1.60 bits per heavy atom. The first kappa shape index (κ1) is 58.3. The number of benzene rings is 3. The molecule has 3 aromatic carbocycles. The highest BCUT2D eigenvalue weighted by Gasteiger charge is 2.44. The van der Waals surface area contributed by atoms with Crippen molar-refractivity contribution in [3.8, 4) is 21.6 Å². The molecule has 4 saturated heterocycles. The third-order valence-electron chi connectivity index (χ3n) is 16.5. The SMILES string of the molecule is Cc1ncsc1-c1ccc(Cc2cnc([C@@H]3C[C@@H](O)CN3C(=O)[C@@H](NC(=O)CN3CCN(CC4CCN(c5ccc(-c6cnc7[nH]cc(C(=O)c8c(F)ccc(N(N9CC[C@@H](F)C9)S(=O)O)c8F)c7c6)cc5)CC4)CC3)C(C)(C)C)s2)cc1. The van der Waals surface area contributed by atoms with Gasteiger partial charge in [0.2, 0.25) is 17.6 Å². The number of carbonyl (C=O) groups excluding carboxylic acids is 3. The summed E-state index contributed by atoms with van der Waals surface area (Å²) in [4.78, 5) is 69.7. The van der Waals surface area contributed by atoms with Gasteiger partial charge in [0.1, 0.15) is 34.4 Å². The maximum atomic E-state index is 16.1. The molecule has 4 aliphatic rings. The normalized spacial score (nSPS) is 20.3. The summed E-state index contributed by atoms with van der Waals surface area (Å²) in [5.41, 5.74) is 6.02. The third-order valence-corrected chi connectivity index (χ3v) is 19.3. The molecule has 83 heavy (non-hydrogen) atoms. The number of hydrogen-bond acceptors (Lipinski definition) is 14. The van der Waals surface area contributed by atoms with Crippen LogP contribution in [0.25, 0.3) is 32.6 Å². The number of fused-ring (bicyclic) bond motifs is 1. The third kappa shape index (κ3) is 12.8. The van der Waals surface area contributed by atoms with Crippen LogP contribution in [0, 0.1) is 29.9 Å². The van der Waals surface area contributed by atoms with Gasteiger partial charge in [0.15, 0.2) is 5.82 Å². The maximum absolute atomic E-state index is 16.1. The summed E-state index contributed by atoms with van der Waals surface area (Å²) in [6.45, 7) is 13.9. The van der Waals surface area contributed by atoms with Crippen LogP contribution in [0.4, 0.5) is 24.5 Å². The van der Waals surface area contributed by atoms with Crippen molar-refractivity contribution >= 4 is 73.9 Å². The first-order valence-electron chi connectivity index (χ1n) is 28.2. The highest BCUT2D eigenvalue weighted by atomic mass is 32.2. The predicted octanol–water partition coefficient (Wildman–Crippen LogP) is 8.82. The Balaban J connectivity index is 0.645. The van der Waals surface area contributed by atoms with Crippen molar-refractivity contribution in [2.75, 3.05) is 81.3 Å². The van der Waals surface area contributed by atoms with Crippen molar-refractivity contribution in [3.05, 3.63) is 135 Å². The number of aliphatic hydroxyl groups excluding tert-OH is 1. The number of thiazole rings is 2. The van der Waals surface area contributed by atoms with Crippen molar-refractivity contribution in [2.24, 2.45) is 11.3 Å². The molecule has 4 aliphatic heterocycles. The zero-order valence-corrected chi connectivity index (χ0v) is 49.2. The lowest BCUT2D eigenvalue weighted by Gasteiger charge is -2.39. The van der Waals surface area contributed by atoms with E-state index in [4.69, 9.17) is 4.98 Å². The molecular weight excluding hydrogens is 1120 g/mol. The molecule has 7 aromatic rings. The van der Waals surface area contributed by atoms with Gasteiger partial charge >= 0.3 is 0 Å². The van der Waals surface area contributed by atoms with E-state index in [1.54, 1.807) is 39.8 Å². The van der Waals surface area contributed by atoms with E-state index in [2.05, 4.69) is 71.4 Å². The van der Waals surface area contributed by atoms with Crippen molar-refractivity contribution in [1.82, 2.24) is 45.0 Å². The number of aliphatic hydroxyl groups is 1.